The highest BCUT2D eigenvalue weighted by molar-refractivity contribution is 6.30. The summed E-state index contributed by atoms with van der Waals surface area (Å²) in [4.78, 5) is 20.1. The molecule has 3 aromatic heterocycles. The summed E-state index contributed by atoms with van der Waals surface area (Å²) < 4.78 is 42.5. The molecule has 0 aliphatic rings. The summed E-state index contributed by atoms with van der Waals surface area (Å²) >= 11 is 5.90. The van der Waals surface area contributed by atoms with E-state index in [9.17, 15) is 18.0 Å². The van der Waals surface area contributed by atoms with Gasteiger partial charge in [-0.3, -0.25) is 4.79 Å². The normalized spacial score (nSPS) is 11.5. The number of imidazole rings is 1. The van der Waals surface area contributed by atoms with Crippen LogP contribution in [0.15, 0.2) is 42.9 Å². The van der Waals surface area contributed by atoms with Crippen molar-refractivity contribution in [3.63, 3.8) is 0 Å². The Bertz CT molecular complexity index is 925. The number of rotatable bonds is 5. The number of nitrogens with zero attached hydrogens (tertiary/aromatic N) is 3. The van der Waals surface area contributed by atoms with Crippen LogP contribution in [0.2, 0.25) is 5.02 Å². The molecule has 0 saturated heterocycles. The van der Waals surface area contributed by atoms with Gasteiger partial charge in [0.2, 0.25) is 5.88 Å². The standard InChI is InChI=1S/C16H12ClF3N4O2/c17-11-2-3-13-23-12(8-24(13)7-11)6-22-15(25)10-1-4-14(21-5-10)26-9-16(18,19)20/h1-5,7-8H,6,9H2,(H,22,25). The number of halogens is 4. The van der Waals surface area contributed by atoms with Gasteiger partial charge in [-0.2, -0.15) is 13.2 Å². The largest absolute Gasteiger partial charge is 0.468 e. The van der Waals surface area contributed by atoms with Gasteiger partial charge in [-0.05, 0) is 18.2 Å². The van der Waals surface area contributed by atoms with Crippen molar-refractivity contribution in [2.24, 2.45) is 0 Å². The van der Waals surface area contributed by atoms with Gasteiger partial charge in [0.15, 0.2) is 6.61 Å². The molecule has 0 radical (unpaired) electrons. The number of aromatic nitrogens is 3. The van der Waals surface area contributed by atoms with Gasteiger partial charge >= 0.3 is 6.18 Å². The molecule has 0 spiro atoms. The molecule has 3 aromatic rings. The molecule has 1 N–H and O–H groups in total. The highest BCUT2D eigenvalue weighted by atomic mass is 35.5. The highest BCUT2D eigenvalue weighted by Gasteiger charge is 2.28. The second-order valence-electron chi connectivity index (χ2n) is 5.32. The topological polar surface area (TPSA) is 68.5 Å². The molecule has 136 valence electrons. The Balaban J connectivity index is 1.58. The van der Waals surface area contributed by atoms with Crippen LogP contribution in [0, 0.1) is 0 Å². The summed E-state index contributed by atoms with van der Waals surface area (Å²) in [6.45, 7) is -1.27. The third-order valence-corrected chi connectivity index (χ3v) is 3.50. The first-order valence-electron chi connectivity index (χ1n) is 7.37. The van der Waals surface area contributed by atoms with Crippen molar-refractivity contribution in [1.82, 2.24) is 19.7 Å². The summed E-state index contributed by atoms with van der Waals surface area (Å²) in [6.07, 6.45) is 0.118. The molecule has 0 unspecified atom stereocenters. The minimum absolute atomic E-state index is 0.171. The minimum Gasteiger partial charge on any atom is -0.468 e. The van der Waals surface area contributed by atoms with E-state index in [1.54, 1.807) is 28.9 Å². The predicted molar refractivity (Wildman–Crippen MR) is 87.2 cm³/mol. The van der Waals surface area contributed by atoms with Crippen LogP contribution in [-0.4, -0.2) is 33.1 Å². The molecule has 0 fully saturated rings. The van der Waals surface area contributed by atoms with Gasteiger partial charge in [-0.15, -0.1) is 0 Å². The van der Waals surface area contributed by atoms with Crippen LogP contribution in [-0.2, 0) is 6.54 Å². The van der Waals surface area contributed by atoms with E-state index in [2.05, 4.69) is 20.0 Å². The van der Waals surface area contributed by atoms with Gasteiger partial charge in [-0.25, -0.2) is 9.97 Å². The third kappa shape index (κ3) is 4.63. The molecule has 26 heavy (non-hydrogen) atoms. The van der Waals surface area contributed by atoms with Crippen molar-refractivity contribution in [2.75, 3.05) is 6.61 Å². The molecule has 0 aliphatic carbocycles. The fourth-order valence-electron chi connectivity index (χ4n) is 2.13. The maximum Gasteiger partial charge on any atom is 0.422 e. The molecule has 0 saturated carbocycles. The molecule has 6 nitrogen and oxygen atoms in total. The fourth-order valence-corrected chi connectivity index (χ4v) is 2.30. The lowest BCUT2D eigenvalue weighted by molar-refractivity contribution is -0.154. The van der Waals surface area contributed by atoms with Crippen LogP contribution in [0.1, 0.15) is 16.1 Å². The Hall–Kier alpha value is -2.81. The van der Waals surface area contributed by atoms with Gasteiger partial charge in [0, 0.05) is 24.7 Å². The van der Waals surface area contributed by atoms with Crippen LogP contribution in [0.4, 0.5) is 13.2 Å². The molecular formula is C16H12ClF3N4O2. The summed E-state index contributed by atoms with van der Waals surface area (Å²) in [5, 5.41) is 3.22. The van der Waals surface area contributed by atoms with E-state index in [-0.39, 0.29) is 18.0 Å². The van der Waals surface area contributed by atoms with Crippen LogP contribution < -0.4 is 10.1 Å². The Labute approximate surface area is 150 Å². The fraction of sp³-hybridized carbons (Fsp3) is 0.188. The number of ether oxygens (including phenoxy) is 1. The van der Waals surface area contributed by atoms with E-state index < -0.39 is 18.7 Å². The summed E-state index contributed by atoms with van der Waals surface area (Å²) in [7, 11) is 0. The van der Waals surface area contributed by atoms with E-state index in [0.717, 1.165) is 6.20 Å². The highest BCUT2D eigenvalue weighted by Crippen LogP contribution is 2.17. The molecule has 0 aromatic carbocycles. The Morgan fingerprint density at radius 3 is 2.73 bits per heavy atom. The quantitative estimate of drug-likeness (QED) is 0.733. The van der Waals surface area contributed by atoms with Crippen LogP contribution in [0.5, 0.6) is 5.88 Å². The number of carbonyl (C=O) groups is 1. The zero-order valence-electron chi connectivity index (χ0n) is 13.1. The number of alkyl halides is 3. The first-order valence-corrected chi connectivity index (χ1v) is 7.75. The number of carbonyl (C=O) groups excluding carboxylic acids is 1. The van der Waals surface area contributed by atoms with Gasteiger partial charge in [-0.1, -0.05) is 11.6 Å². The van der Waals surface area contributed by atoms with Crippen molar-refractivity contribution >= 4 is 23.2 Å². The van der Waals surface area contributed by atoms with Crippen LogP contribution >= 0.6 is 11.6 Å². The molecule has 3 heterocycles. The third-order valence-electron chi connectivity index (χ3n) is 3.28. The predicted octanol–water partition coefficient (Wildman–Crippen LogP) is 3.25. The van der Waals surface area contributed by atoms with Gasteiger partial charge in [0.25, 0.3) is 5.91 Å². The number of pyridine rings is 2. The monoisotopic (exact) mass is 384 g/mol. The molecule has 10 heteroatoms. The number of hydrogen-bond acceptors (Lipinski definition) is 4. The number of hydrogen-bond donors (Lipinski definition) is 1. The van der Waals surface area contributed by atoms with E-state index in [1.165, 1.54) is 12.1 Å². The number of nitrogens with one attached hydrogen (secondary N) is 1. The zero-order chi connectivity index (χ0) is 18.7. The molecule has 0 aliphatic heterocycles. The van der Waals surface area contributed by atoms with E-state index in [0.29, 0.717) is 16.4 Å². The lowest BCUT2D eigenvalue weighted by atomic mass is 10.2. The molecule has 0 bridgehead atoms. The molecule has 0 atom stereocenters. The maximum atomic E-state index is 12.1. The number of fused-ring (bicyclic) bond motifs is 1. The van der Waals surface area contributed by atoms with Crippen molar-refractivity contribution in [2.45, 2.75) is 12.7 Å². The van der Waals surface area contributed by atoms with Crippen LogP contribution in [0.25, 0.3) is 5.65 Å². The zero-order valence-corrected chi connectivity index (χ0v) is 13.9. The summed E-state index contributed by atoms with van der Waals surface area (Å²) in [6, 6.07) is 5.99. The van der Waals surface area contributed by atoms with E-state index in [4.69, 9.17) is 11.6 Å². The first kappa shape index (κ1) is 18.0. The smallest absolute Gasteiger partial charge is 0.422 e. The minimum atomic E-state index is -4.45. The second kappa shape index (κ2) is 7.20. The lowest BCUT2D eigenvalue weighted by Crippen LogP contribution is -2.23. The van der Waals surface area contributed by atoms with Gasteiger partial charge in [0.1, 0.15) is 5.65 Å². The number of amides is 1. The maximum absolute atomic E-state index is 12.1. The first-order chi connectivity index (χ1) is 12.3. The molecular weight excluding hydrogens is 373 g/mol. The Morgan fingerprint density at radius 1 is 1.23 bits per heavy atom. The Kier molecular flexibility index (Phi) is 4.99. The lowest BCUT2D eigenvalue weighted by Gasteiger charge is -2.08. The Morgan fingerprint density at radius 2 is 2.04 bits per heavy atom. The summed E-state index contributed by atoms with van der Waals surface area (Å²) in [5.74, 6) is -0.647. The summed E-state index contributed by atoms with van der Waals surface area (Å²) in [5.41, 5.74) is 1.50. The second-order valence-corrected chi connectivity index (χ2v) is 5.75. The molecule has 1 amide bonds. The van der Waals surface area contributed by atoms with Gasteiger partial charge < -0.3 is 14.5 Å². The molecule has 3 rings (SSSR count). The van der Waals surface area contributed by atoms with Crippen molar-refractivity contribution in [3.05, 3.63) is 59.1 Å². The van der Waals surface area contributed by atoms with Crippen molar-refractivity contribution in [1.29, 1.82) is 0 Å². The van der Waals surface area contributed by atoms with E-state index >= 15 is 0 Å². The van der Waals surface area contributed by atoms with E-state index in [1.807, 2.05) is 0 Å². The van der Waals surface area contributed by atoms with Crippen molar-refractivity contribution < 1.29 is 22.7 Å². The van der Waals surface area contributed by atoms with Crippen molar-refractivity contribution in [3.8, 4) is 5.88 Å². The van der Waals surface area contributed by atoms with Crippen LogP contribution in [0.3, 0.4) is 0 Å². The average Bonchev–Trinajstić information content (AvgIpc) is 2.99. The van der Waals surface area contributed by atoms with Gasteiger partial charge in [0.05, 0.1) is 22.8 Å². The SMILES string of the molecule is O=C(NCc1cn2cc(Cl)ccc2n1)c1ccc(OCC(F)(F)F)nc1. The average molecular weight is 385 g/mol.